The molecule has 37 heavy (non-hydrogen) atoms. The van der Waals surface area contributed by atoms with Gasteiger partial charge in [-0.05, 0) is 94.6 Å². The number of nitrogens with one attached hydrogen (secondary N) is 1. The number of amides is 1. The summed E-state index contributed by atoms with van der Waals surface area (Å²) in [5, 5.41) is 23.8. The molecule has 1 unspecified atom stereocenters. The highest BCUT2D eigenvalue weighted by molar-refractivity contribution is 7.99. The Kier molecular flexibility index (Phi) is 10.1. The van der Waals surface area contributed by atoms with Gasteiger partial charge in [-0.2, -0.15) is 0 Å². The van der Waals surface area contributed by atoms with E-state index in [2.05, 4.69) is 39.2 Å². The number of hydrogen-bond donors (Lipinski definition) is 3. The van der Waals surface area contributed by atoms with Gasteiger partial charge in [-0.25, -0.2) is 4.79 Å². The van der Waals surface area contributed by atoms with Crippen LogP contribution in [0.3, 0.4) is 0 Å². The molecule has 6 nitrogen and oxygen atoms in total. The zero-order chi connectivity index (χ0) is 28.2. The first-order valence-corrected chi connectivity index (χ1v) is 16.5. The molecule has 0 radical (unpaired) electrons. The summed E-state index contributed by atoms with van der Waals surface area (Å²) in [6.07, 6.45) is 0.460. The standard InChI is InChI=1S/C28H42ClNO5SSi/c1-26(2,3)34-25(33)30-28(7,18-31)15-14-19-10-12-21(17-22(19)29)36-24-16-20(11-13-23(24)32)35-37(8,9)27(4,5)6/h10-13,16-17,31-32H,14-15,18H2,1-9H3,(H,30,33). The van der Waals surface area contributed by atoms with E-state index in [-0.39, 0.29) is 17.4 Å². The van der Waals surface area contributed by atoms with Gasteiger partial charge in [0.1, 0.15) is 17.1 Å². The maximum atomic E-state index is 12.2. The van der Waals surface area contributed by atoms with Crippen LogP contribution in [0.5, 0.6) is 11.5 Å². The molecule has 0 saturated heterocycles. The number of phenols is 1. The van der Waals surface area contributed by atoms with Crippen LogP contribution in [0.25, 0.3) is 0 Å². The zero-order valence-corrected chi connectivity index (χ0v) is 26.1. The van der Waals surface area contributed by atoms with Crippen molar-refractivity contribution in [3.05, 3.63) is 47.0 Å². The number of ether oxygens (including phenoxy) is 1. The van der Waals surface area contributed by atoms with Gasteiger partial charge in [0, 0.05) is 9.92 Å². The van der Waals surface area contributed by atoms with Gasteiger partial charge in [0.2, 0.25) is 8.32 Å². The van der Waals surface area contributed by atoms with E-state index < -0.39 is 25.6 Å². The monoisotopic (exact) mass is 567 g/mol. The van der Waals surface area contributed by atoms with Gasteiger partial charge >= 0.3 is 6.09 Å². The second kappa shape index (κ2) is 11.9. The first-order valence-electron chi connectivity index (χ1n) is 12.4. The maximum Gasteiger partial charge on any atom is 0.408 e. The molecule has 1 atom stereocenters. The molecule has 0 heterocycles. The Morgan fingerprint density at radius 1 is 1.05 bits per heavy atom. The van der Waals surface area contributed by atoms with Crippen LogP contribution in [0.4, 0.5) is 4.79 Å². The fraction of sp³-hybridized carbons (Fsp3) is 0.536. The molecule has 0 bridgehead atoms. The molecular formula is C28H42ClNO5SSi. The van der Waals surface area contributed by atoms with Crippen molar-refractivity contribution in [2.75, 3.05) is 6.61 Å². The summed E-state index contributed by atoms with van der Waals surface area (Å²) >= 11 is 8.01. The van der Waals surface area contributed by atoms with Crippen molar-refractivity contribution in [3.63, 3.8) is 0 Å². The van der Waals surface area contributed by atoms with E-state index in [1.807, 2.05) is 24.3 Å². The predicted octanol–water partition coefficient (Wildman–Crippen LogP) is 7.79. The number of aromatic hydroxyl groups is 1. The van der Waals surface area contributed by atoms with Crippen LogP contribution in [0.1, 0.15) is 60.5 Å². The second-order valence-corrected chi connectivity index (χ2v) is 18.4. The molecule has 206 valence electrons. The molecule has 0 saturated carbocycles. The highest BCUT2D eigenvalue weighted by Gasteiger charge is 2.39. The minimum absolute atomic E-state index is 0.0655. The Bertz CT molecular complexity index is 1100. The van der Waals surface area contributed by atoms with Crippen LogP contribution < -0.4 is 9.74 Å². The van der Waals surface area contributed by atoms with E-state index in [4.69, 9.17) is 20.8 Å². The summed E-state index contributed by atoms with van der Waals surface area (Å²) < 4.78 is 11.7. The summed E-state index contributed by atoms with van der Waals surface area (Å²) in [5.41, 5.74) is -0.576. The fourth-order valence-corrected chi connectivity index (χ4v) is 5.43. The third kappa shape index (κ3) is 9.43. The van der Waals surface area contributed by atoms with E-state index in [0.717, 1.165) is 16.2 Å². The summed E-state index contributed by atoms with van der Waals surface area (Å²) in [4.78, 5) is 13.8. The number of alkyl carbamates (subject to hydrolysis) is 1. The summed E-state index contributed by atoms with van der Waals surface area (Å²) in [6.45, 7) is 17.9. The lowest BCUT2D eigenvalue weighted by Gasteiger charge is -2.36. The molecule has 0 spiro atoms. The maximum absolute atomic E-state index is 12.2. The Balaban J connectivity index is 2.11. The van der Waals surface area contributed by atoms with Gasteiger partial charge in [0.15, 0.2) is 0 Å². The van der Waals surface area contributed by atoms with Gasteiger partial charge in [-0.1, -0.05) is 50.2 Å². The average molecular weight is 568 g/mol. The Hall–Kier alpha value is -1.87. The van der Waals surface area contributed by atoms with E-state index in [1.165, 1.54) is 11.8 Å². The molecule has 0 fully saturated rings. The third-order valence-electron chi connectivity index (χ3n) is 6.46. The van der Waals surface area contributed by atoms with Crippen LogP contribution in [-0.4, -0.2) is 42.4 Å². The molecule has 0 aliphatic heterocycles. The summed E-state index contributed by atoms with van der Waals surface area (Å²) in [7, 11) is -2.01. The minimum atomic E-state index is -2.01. The van der Waals surface area contributed by atoms with Crippen LogP contribution >= 0.6 is 23.4 Å². The highest BCUT2D eigenvalue weighted by atomic mass is 35.5. The molecule has 0 aromatic heterocycles. The van der Waals surface area contributed by atoms with Gasteiger partial charge < -0.3 is 24.7 Å². The van der Waals surface area contributed by atoms with Crippen LogP contribution in [0.15, 0.2) is 46.2 Å². The van der Waals surface area contributed by atoms with E-state index in [1.54, 1.807) is 39.8 Å². The van der Waals surface area contributed by atoms with Crippen molar-refractivity contribution < 1.29 is 24.2 Å². The minimum Gasteiger partial charge on any atom is -0.543 e. The zero-order valence-electron chi connectivity index (χ0n) is 23.5. The molecule has 1 amide bonds. The molecule has 2 aromatic rings. The number of hydrogen-bond acceptors (Lipinski definition) is 6. The van der Waals surface area contributed by atoms with Gasteiger partial charge in [0.05, 0.1) is 17.0 Å². The number of rotatable bonds is 9. The van der Waals surface area contributed by atoms with Crippen LogP contribution in [-0.2, 0) is 11.2 Å². The van der Waals surface area contributed by atoms with Crippen molar-refractivity contribution in [2.45, 2.75) is 100 Å². The Labute approximate surface area is 232 Å². The van der Waals surface area contributed by atoms with E-state index >= 15 is 0 Å². The summed E-state index contributed by atoms with van der Waals surface area (Å²) in [5.74, 6) is 0.926. The van der Waals surface area contributed by atoms with Gasteiger partial charge in [-0.3, -0.25) is 0 Å². The molecule has 9 heteroatoms. The molecule has 0 aliphatic rings. The van der Waals surface area contributed by atoms with Crippen molar-refractivity contribution in [2.24, 2.45) is 0 Å². The van der Waals surface area contributed by atoms with Crippen molar-refractivity contribution >= 4 is 37.8 Å². The third-order valence-corrected chi connectivity index (χ3v) is 12.2. The molecule has 2 rings (SSSR count). The number of halogens is 1. The molecule has 2 aromatic carbocycles. The molecule has 0 aliphatic carbocycles. The lowest BCUT2D eigenvalue weighted by Crippen LogP contribution is -2.50. The quantitative estimate of drug-likeness (QED) is 0.268. The predicted molar refractivity (Wildman–Crippen MR) is 155 cm³/mol. The second-order valence-electron chi connectivity index (χ2n) is 12.2. The number of carbonyl (C=O) groups is 1. The molecule has 3 N–H and O–H groups in total. The fourth-order valence-electron chi connectivity index (χ4n) is 3.15. The van der Waals surface area contributed by atoms with Crippen LogP contribution in [0.2, 0.25) is 23.2 Å². The first kappa shape index (κ1) is 31.3. The van der Waals surface area contributed by atoms with Gasteiger partial charge in [0.25, 0.3) is 0 Å². The largest absolute Gasteiger partial charge is 0.543 e. The number of aryl methyl sites for hydroxylation is 1. The van der Waals surface area contributed by atoms with Crippen LogP contribution in [0, 0.1) is 0 Å². The summed E-state index contributed by atoms with van der Waals surface area (Å²) in [6, 6.07) is 11.1. The number of benzene rings is 2. The van der Waals surface area contributed by atoms with E-state index in [0.29, 0.717) is 22.8 Å². The molecular weight excluding hydrogens is 526 g/mol. The lowest BCUT2D eigenvalue weighted by atomic mass is 9.94. The highest BCUT2D eigenvalue weighted by Crippen LogP contribution is 2.41. The topological polar surface area (TPSA) is 88.0 Å². The van der Waals surface area contributed by atoms with E-state index in [9.17, 15) is 15.0 Å². The number of aliphatic hydroxyl groups is 1. The van der Waals surface area contributed by atoms with Gasteiger partial charge in [-0.15, -0.1) is 0 Å². The lowest BCUT2D eigenvalue weighted by molar-refractivity contribution is 0.0407. The number of phenolic OH excluding ortho intramolecular Hbond substituents is 1. The Morgan fingerprint density at radius 2 is 1.70 bits per heavy atom. The van der Waals surface area contributed by atoms with Crippen molar-refractivity contribution in [1.29, 1.82) is 0 Å². The number of aliphatic hydroxyl groups excluding tert-OH is 1. The Morgan fingerprint density at radius 3 is 2.24 bits per heavy atom. The number of carbonyl (C=O) groups excluding carboxylic acids is 1. The smallest absolute Gasteiger partial charge is 0.408 e. The first-order chi connectivity index (χ1) is 16.8. The SMILES string of the molecule is CC(CO)(CCc1ccc(Sc2cc(O[Si](C)(C)C(C)(C)C)ccc2O)cc1Cl)NC(=O)OC(C)(C)C. The van der Waals surface area contributed by atoms with Crippen molar-refractivity contribution in [1.82, 2.24) is 5.32 Å². The average Bonchev–Trinajstić information content (AvgIpc) is 2.73. The van der Waals surface area contributed by atoms with Crippen molar-refractivity contribution in [3.8, 4) is 11.5 Å². The normalized spacial score (nSPS) is 14.1.